The minimum absolute atomic E-state index is 0.258. The molecule has 92 valence electrons. The average molecular weight is 234 g/mol. The highest BCUT2D eigenvalue weighted by Gasteiger charge is 2.11. The second-order valence-corrected chi connectivity index (χ2v) is 4.84. The van der Waals surface area contributed by atoms with Gasteiger partial charge >= 0.3 is 0 Å². The van der Waals surface area contributed by atoms with Crippen LogP contribution in [0.1, 0.15) is 32.6 Å². The summed E-state index contributed by atoms with van der Waals surface area (Å²) in [5.41, 5.74) is 5.72. The maximum absolute atomic E-state index is 8.89. The molecule has 4 heteroatoms. The molecule has 0 spiro atoms. The second-order valence-electron chi connectivity index (χ2n) is 3.85. The minimum Gasteiger partial charge on any atom is -0.396 e. The molecule has 0 radical (unpaired) electrons. The summed E-state index contributed by atoms with van der Waals surface area (Å²) in [5.74, 6) is 1.20. The molecule has 2 unspecified atom stereocenters. The number of nitrogens with one attached hydrogen (secondary N) is 1. The SMILES string of the molecule is CCC(CCO)NC(CN)CCCSC. The van der Waals surface area contributed by atoms with Crippen LogP contribution in [0.15, 0.2) is 0 Å². The van der Waals surface area contributed by atoms with Crippen LogP contribution in [0.25, 0.3) is 0 Å². The van der Waals surface area contributed by atoms with E-state index >= 15 is 0 Å². The lowest BCUT2D eigenvalue weighted by Crippen LogP contribution is -2.43. The smallest absolute Gasteiger partial charge is 0.0445 e. The van der Waals surface area contributed by atoms with E-state index < -0.39 is 0 Å². The molecular weight excluding hydrogens is 208 g/mol. The maximum atomic E-state index is 8.89. The Labute approximate surface area is 98.2 Å². The number of hydrogen-bond acceptors (Lipinski definition) is 4. The molecule has 0 aliphatic rings. The summed E-state index contributed by atoms with van der Waals surface area (Å²) >= 11 is 1.88. The third-order valence-corrected chi connectivity index (χ3v) is 3.32. The zero-order valence-corrected chi connectivity index (χ0v) is 10.9. The number of nitrogens with two attached hydrogens (primary N) is 1. The second kappa shape index (κ2) is 10.7. The van der Waals surface area contributed by atoms with Gasteiger partial charge in [0, 0.05) is 25.2 Å². The number of hydrogen-bond donors (Lipinski definition) is 3. The van der Waals surface area contributed by atoms with Gasteiger partial charge in [-0.15, -0.1) is 0 Å². The molecule has 0 bridgehead atoms. The molecular formula is C11H26N2OS. The van der Waals surface area contributed by atoms with E-state index in [1.165, 1.54) is 12.2 Å². The van der Waals surface area contributed by atoms with Gasteiger partial charge in [0.05, 0.1) is 0 Å². The molecule has 0 heterocycles. The van der Waals surface area contributed by atoms with Gasteiger partial charge in [-0.3, -0.25) is 0 Å². The topological polar surface area (TPSA) is 58.3 Å². The summed E-state index contributed by atoms with van der Waals surface area (Å²) in [6.07, 6.45) is 6.37. The van der Waals surface area contributed by atoms with Crippen LogP contribution in [-0.2, 0) is 0 Å². The van der Waals surface area contributed by atoms with E-state index in [1.807, 2.05) is 11.8 Å². The monoisotopic (exact) mass is 234 g/mol. The molecule has 0 aromatic carbocycles. The fourth-order valence-electron chi connectivity index (χ4n) is 1.64. The largest absolute Gasteiger partial charge is 0.396 e. The van der Waals surface area contributed by atoms with Crippen molar-refractivity contribution < 1.29 is 5.11 Å². The molecule has 0 fully saturated rings. The van der Waals surface area contributed by atoms with E-state index in [0.29, 0.717) is 18.6 Å². The van der Waals surface area contributed by atoms with Gasteiger partial charge in [-0.25, -0.2) is 0 Å². The molecule has 0 aliphatic carbocycles. The van der Waals surface area contributed by atoms with Crippen molar-refractivity contribution in [3.05, 3.63) is 0 Å². The Morgan fingerprint density at radius 1 is 1.33 bits per heavy atom. The van der Waals surface area contributed by atoms with E-state index in [1.54, 1.807) is 0 Å². The van der Waals surface area contributed by atoms with E-state index in [4.69, 9.17) is 10.8 Å². The first kappa shape index (κ1) is 15.2. The molecule has 0 saturated carbocycles. The van der Waals surface area contributed by atoms with Gasteiger partial charge in [-0.1, -0.05) is 6.92 Å². The maximum Gasteiger partial charge on any atom is 0.0445 e. The zero-order valence-electron chi connectivity index (χ0n) is 10.0. The van der Waals surface area contributed by atoms with Crippen molar-refractivity contribution >= 4 is 11.8 Å². The third kappa shape index (κ3) is 8.08. The molecule has 0 amide bonds. The number of aliphatic hydroxyl groups is 1. The molecule has 0 rings (SSSR count). The molecule has 3 nitrogen and oxygen atoms in total. The standard InChI is InChI=1S/C11H26N2OS/c1-3-10(6-7-14)13-11(9-12)5-4-8-15-2/h10-11,13-14H,3-9,12H2,1-2H3. The third-order valence-electron chi connectivity index (χ3n) is 2.63. The average Bonchev–Trinajstić information content (AvgIpc) is 2.26. The summed E-state index contributed by atoms with van der Waals surface area (Å²) in [4.78, 5) is 0. The summed E-state index contributed by atoms with van der Waals surface area (Å²) < 4.78 is 0. The number of thioether (sulfide) groups is 1. The van der Waals surface area contributed by atoms with Gasteiger partial charge < -0.3 is 16.2 Å². The molecule has 2 atom stereocenters. The van der Waals surface area contributed by atoms with Gasteiger partial charge in [-0.05, 0) is 37.7 Å². The molecule has 15 heavy (non-hydrogen) atoms. The zero-order chi connectivity index (χ0) is 11.5. The summed E-state index contributed by atoms with van der Waals surface area (Å²) in [6, 6.07) is 0.825. The van der Waals surface area contributed by atoms with Crippen LogP contribution in [0.4, 0.5) is 0 Å². The van der Waals surface area contributed by atoms with Crippen molar-refractivity contribution in [1.29, 1.82) is 0 Å². The summed E-state index contributed by atoms with van der Waals surface area (Å²) in [7, 11) is 0. The van der Waals surface area contributed by atoms with Crippen LogP contribution in [0, 0.1) is 0 Å². The van der Waals surface area contributed by atoms with Crippen molar-refractivity contribution in [1.82, 2.24) is 5.32 Å². The fourth-order valence-corrected chi connectivity index (χ4v) is 2.09. The van der Waals surface area contributed by atoms with Gasteiger partial charge in [0.25, 0.3) is 0 Å². The van der Waals surface area contributed by atoms with Crippen molar-refractivity contribution in [2.75, 3.05) is 25.2 Å². The Kier molecular flexibility index (Phi) is 10.9. The summed E-state index contributed by atoms with van der Waals surface area (Å²) in [5, 5.41) is 12.4. The first-order chi connectivity index (χ1) is 7.28. The molecule has 0 aromatic rings. The van der Waals surface area contributed by atoms with Crippen LogP contribution < -0.4 is 11.1 Å². The van der Waals surface area contributed by atoms with Gasteiger partial charge in [0.2, 0.25) is 0 Å². The normalized spacial score (nSPS) is 15.2. The predicted octanol–water partition coefficient (Wildman–Crippen LogP) is 1.21. The molecule has 4 N–H and O–H groups in total. The molecule has 0 aliphatic heterocycles. The Bertz CT molecular complexity index is 136. The van der Waals surface area contributed by atoms with E-state index in [0.717, 1.165) is 19.3 Å². The van der Waals surface area contributed by atoms with Crippen molar-refractivity contribution in [3.63, 3.8) is 0 Å². The van der Waals surface area contributed by atoms with Crippen LogP contribution in [0.2, 0.25) is 0 Å². The Morgan fingerprint density at radius 2 is 2.07 bits per heavy atom. The van der Waals surface area contributed by atoms with Gasteiger partial charge in [0.15, 0.2) is 0 Å². The first-order valence-corrected chi connectivity index (χ1v) is 7.23. The lowest BCUT2D eigenvalue weighted by molar-refractivity contribution is 0.254. The first-order valence-electron chi connectivity index (χ1n) is 5.84. The van der Waals surface area contributed by atoms with E-state index in [2.05, 4.69) is 18.5 Å². The fraction of sp³-hybridized carbons (Fsp3) is 1.00. The molecule has 0 saturated heterocycles. The van der Waals surface area contributed by atoms with Gasteiger partial charge in [-0.2, -0.15) is 11.8 Å². The minimum atomic E-state index is 0.258. The van der Waals surface area contributed by atoms with Gasteiger partial charge in [0.1, 0.15) is 0 Å². The van der Waals surface area contributed by atoms with Crippen LogP contribution in [0.5, 0.6) is 0 Å². The van der Waals surface area contributed by atoms with Crippen LogP contribution >= 0.6 is 11.8 Å². The lowest BCUT2D eigenvalue weighted by Gasteiger charge is -2.23. The Hall–Kier alpha value is 0.230. The predicted molar refractivity (Wildman–Crippen MR) is 69.4 cm³/mol. The van der Waals surface area contributed by atoms with Crippen molar-refractivity contribution in [3.8, 4) is 0 Å². The lowest BCUT2D eigenvalue weighted by atomic mass is 10.1. The molecule has 0 aromatic heterocycles. The highest BCUT2D eigenvalue weighted by molar-refractivity contribution is 7.98. The van der Waals surface area contributed by atoms with Crippen LogP contribution in [0.3, 0.4) is 0 Å². The Morgan fingerprint density at radius 3 is 2.53 bits per heavy atom. The summed E-state index contributed by atoms with van der Waals surface area (Å²) in [6.45, 7) is 3.09. The quantitative estimate of drug-likeness (QED) is 0.497. The van der Waals surface area contributed by atoms with E-state index in [-0.39, 0.29) is 6.61 Å². The number of aliphatic hydroxyl groups excluding tert-OH is 1. The van der Waals surface area contributed by atoms with E-state index in [9.17, 15) is 0 Å². The highest BCUT2D eigenvalue weighted by atomic mass is 32.2. The Balaban J connectivity index is 3.73. The number of rotatable bonds is 10. The van der Waals surface area contributed by atoms with Crippen molar-refractivity contribution in [2.45, 2.75) is 44.7 Å². The van der Waals surface area contributed by atoms with Crippen LogP contribution in [-0.4, -0.2) is 42.4 Å². The highest BCUT2D eigenvalue weighted by Crippen LogP contribution is 2.05. The van der Waals surface area contributed by atoms with Crippen molar-refractivity contribution in [2.24, 2.45) is 5.73 Å².